The van der Waals surface area contributed by atoms with Gasteiger partial charge in [-0.2, -0.15) is 4.67 Å². The first kappa shape index (κ1) is 20.5. The second kappa shape index (κ2) is 8.25. The molecule has 0 radical (unpaired) electrons. The van der Waals surface area contributed by atoms with Gasteiger partial charge in [0.15, 0.2) is 0 Å². The molecule has 8 heteroatoms. The van der Waals surface area contributed by atoms with Crippen LogP contribution in [0.3, 0.4) is 0 Å². The molecule has 0 aliphatic rings. The maximum absolute atomic E-state index is 11.6. The fraction of sp³-hybridized carbons (Fsp3) is 0.923. The van der Waals surface area contributed by atoms with Crippen molar-refractivity contribution in [3.8, 4) is 0 Å². The molecule has 0 rings (SSSR count). The first-order valence-electron chi connectivity index (χ1n) is 6.99. The number of rotatable bonds is 9. The van der Waals surface area contributed by atoms with Gasteiger partial charge in [0.2, 0.25) is 0 Å². The lowest BCUT2D eigenvalue weighted by Gasteiger charge is -2.29. The zero-order valence-corrected chi connectivity index (χ0v) is 14.6. The first-order valence-corrected chi connectivity index (χ1v) is 8.76. The number of esters is 1. The van der Waals surface area contributed by atoms with Crippen LogP contribution in [0.1, 0.15) is 33.6 Å². The van der Waals surface area contributed by atoms with E-state index in [1.165, 1.54) is 0 Å². The van der Waals surface area contributed by atoms with Crippen LogP contribution in [0.15, 0.2) is 0 Å². The standard InChI is InChI=1S/C13H28NO6P/c1-13(2,3)11-12(15)19-9-8-14(4,5)7-6-10-21(17,18)20-16/h6-11H2,1-5H3,(H-,16,17,18)/p+1. The third-order valence-electron chi connectivity index (χ3n) is 2.97. The van der Waals surface area contributed by atoms with Crippen LogP contribution in [-0.2, 0) is 18.8 Å². The van der Waals surface area contributed by atoms with Gasteiger partial charge in [0.1, 0.15) is 13.2 Å². The molecule has 21 heavy (non-hydrogen) atoms. The summed E-state index contributed by atoms with van der Waals surface area (Å²) in [6.07, 6.45) is 0.703. The Labute approximate surface area is 126 Å². The van der Waals surface area contributed by atoms with Gasteiger partial charge in [-0.3, -0.25) is 9.36 Å². The molecule has 126 valence electrons. The molecule has 0 aromatic carbocycles. The predicted molar refractivity (Wildman–Crippen MR) is 79.9 cm³/mol. The number of likely N-dealkylation sites (N-methyl/N-ethyl adjacent to an activating group) is 1. The van der Waals surface area contributed by atoms with Crippen LogP contribution in [0.5, 0.6) is 0 Å². The van der Waals surface area contributed by atoms with Gasteiger partial charge >= 0.3 is 13.6 Å². The highest BCUT2D eigenvalue weighted by molar-refractivity contribution is 7.52. The third kappa shape index (κ3) is 11.8. The van der Waals surface area contributed by atoms with Crippen molar-refractivity contribution in [2.24, 2.45) is 5.41 Å². The van der Waals surface area contributed by atoms with E-state index >= 15 is 0 Å². The van der Waals surface area contributed by atoms with E-state index in [4.69, 9.17) is 14.9 Å². The van der Waals surface area contributed by atoms with Crippen molar-refractivity contribution >= 4 is 13.6 Å². The highest BCUT2D eigenvalue weighted by atomic mass is 31.2. The van der Waals surface area contributed by atoms with Gasteiger partial charge in [-0.05, 0) is 5.41 Å². The highest BCUT2D eigenvalue weighted by Gasteiger charge is 2.23. The minimum atomic E-state index is -3.86. The van der Waals surface area contributed by atoms with E-state index in [0.29, 0.717) is 37.0 Å². The van der Waals surface area contributed by atoms with Crippen molar-refractivity contribution in [1.29, 1.82) is 0 Å². The second-order valence-corrected chi connectivity index (χ2v) is 9.02. The van der Waals surface area contributed by atoms with Crippen LogP contribution in [0.2, 0.25) is 0 Å². The summed E-state index contributed by atoms with van der Waals surface area (Å²) in [4.78, 5) is 20.7. The Hall–Kier alpha value is -0.460. The quantitative estimate of drug-likeness (QED) is 0.222. The van der Waals surface area contributed by atoms with Gasteiger partial charge in [-0.25, -0.2) is 5.26 Å². The summed E-state index contributed by atoms with van der Waals surface area (Å²) >= 11 is 0. The highest BCUT2D eigenvalue weighted by Crippen LogP contribution is 2.40. The summed E-state index contributed by atoms with van der Waals surface area (Å²) < 4.78 is 20.4. The molecule has 0 heterocycles. The monoisotopic (exact) mass is 326 g/mol. The molecule has 0 aromatic rings. The fourth-order valence-corrected chi connectivity index (χ4v) is 2.36. The Kier molecular flexibility index (Phi) is 8.07. The number of quaternary nitrogens is 1. The molecule has 1 atom stereocenters. The lowest BCUT2D eigenvalue weighted by molar-refractivity contribution is -0.890. The molecule has 0 aliphatic carbocycles. The second-order valence-electron chi connectivity index (χ2n) is 7.14. The Morgan fingerprint density at radius 2 is 1.81 bits per heavy atom. The van der Waals surface area contributed by atoms with E-state index in [9.17, 15) is 9.36 Å². The van der Waals surface area contributed by atoms with Gasteiger partial charge in [0.25, 0.3) is 0 Å². The largest absolute Gasteiger partial charge is 0.460 e. The number of hydrogen-bond donors (Lipinski definition) is 2. The smallest absolute Gasteiger partial charge is 0.355 e. The SMILES string of the molecule is CC(C)(C)CC(=O)OCC[N+](C)(C)CCCP(=O)(O)OO. The summed E-state index contributed by atoms with van der Waals surface area (Å²) in [5.74, 6) is -0.212. The number of nitrogens with zero attached hydrogens (tertiary/aromatic N) is 1. The van der Waals surface area contributed by atoms with E-state index in [-0.39, 0.29) is 17.5 Å². The molecule has 2 N–H and O–H groups in total. The molecule has 0 aliphatic heterocycles. The van der Waals surface area contributed by atoms with Crippen LogP contribution in [0.4, 0.5) is 0 Å². The molecule has 0 saturated heterocycles. The molecule has 0 spiro atoms. The fourth-order valence-electron chi connectivity index (χ4n) is 1.74. The Bertz CT molecular complexity index is 377. The summed E-state index contributed by atoms with van der Waals surface area (Å²) in [7, 11) is 0.0239. The molecule has 0 bridgehead atoms. The van der Waals surface area contributed by atoms with E-state index < -0.39 is 7.60 Å². The Balaban J connectivity index is 3.98. The lowest BCUT2D eigenvalue weighted by atomic mass is 9.93. The number of hydrogen-bond acceptors (Lipinski definition) is 5. The van der Waals surface area contributed by atoms with Crippen molar-refractivity contribution < 1.29 is 33.4 Å². The summed E-state index contributed by atoms with van der Waals surface area (Å²) in [5.41, 5.74) is -0.0892. The molecule has 0 saturated carbocycles. The molecular weight excluding hydrogens is 297 g/mol. The molecule has 0 amide bonds. The summed E-state index contributed by atoms with van der Waals surface area (Å²) in [6.45, 7) is 7.48. The van der Waals surface area contributed by atoms with Crippen LogP contribution in [-0.4, -0.2) is 60.6 Å². The van der Waals surface area contributed by atoms with E-state index in [2.05, 4.69) is 4.67 Å². The predicted octanol–water partition coefficient (Wildman–Crippen LogP) is 2.11. The van der Waals surface area contributed by atoms with E-state index in [1.54, 1.807) is 0 Å². The third-order valence-corrected chi connectivity index (χ3v) is 4.10. The average molecular weight is 326 g/mol. The normalized spacial score (nSPS) is 15.6. The molecule has 1 unspecified atom stereocenters. The molecular formula is C13H29NO6P+. The van der Waals surface area contributed by atoms with Crippen LogP contribution in [0.25, 0.3) is 0 Å². The van der Waals surface area contributed by atoms with E-state index in [1.807, 2.05) is 34.9 Å². The van der Waals surface area contributed by atoms with E-state index in [0.717, 1.165) is 0 Å². The Morgan fingerprint density at radius 1 is 1.24 bits per heavy atom. The minimum Gasteiger partial charge on any atom is -0.460 e. The topological polar surface area (TPSA) is 93.1 Å². The van der Waals surface area contributed by atoms with Crippen LogP contribution >= 0.6 is 7.60 Å². The number of ether oxygens (including phenoxy) is 1. The van der Waals surface area contributed by atoms with Gasteiger partial charge in [0, 0.05) is 6.42 Å². The van der Waals surface area contributed by atoms with Crippen molar-refractivity contribution in [3.05, 3.63) is 0 Å². The number of carbonyl (C=O) groups excluding carboxylic acids is 1. The average Bonchev–Trinajstić information content (AvgIpc) is 2.25. The maximum atomic E-state index is 11.6. The van der Waals surface area contributed by atoms with Crippen LogP contribution < -0.4 is 0 Å². The summed E-state index contributed by atoms with van der Waals surface area (Å²) in [6, 6.07) is 0. The lowest BCUT2D eigenvalue weighted by Crippen LogP contribution is -2.43. The molecule has 7 nitrogen and oxygen atoms in total. The van der Waals surface area contributed by atoms with Crippen molar-refractivity contribution in [3.63, 3.8) is 0 Å². The molecule has 0 fully saturated rings. The van der Waals surface area contributed by atoms with Crippen molar-refractivity contribution in [2.45, 2.75) is 33.6 Å². The van der Waals surface area contributed by atoms with Gasteiger partial charge < -0.3 is 14.1 Å². The number of carbonyl (C=O) groups is 1. The Morgan fingerprint density at radius 3 is 2.29 bits per heavy atom. The zero-order chi connectivity index (χ0) is 16.7. The minimum absolute atomic E-state index is 0.0892. The van der Waals surface area contributed by atoms with Crippen molar-refractivity contribution in [2.75, 3.05) is 40.0 Å². The maximum Gasteiger partial charge on any atom is 0.355 e. The van der Waals surface area contributed by atoms with Gasteiger partial charge in [-0.1, -0.05) is 20.8 Å². The molecule has 0 aromatic heterocycles. The zero-order valence-electron chi connectivity index (χ0n) is 13.7. The van der Waals surface area contributed by atoms with Crippen LogP contribution in [0, 0.1) is 5.41 Å². The van der Waals surface area contributed by atoms with Gasteiger partial charge in [0.05, 0.1) is 33.2 Å². The first-order chi connectivity index (χ1) is 9.37. The van der Waals surface area contributed by atoms with Gasteiger partial charge in [-0.15, -0.1) is 0 Å². The summed E-state index contributed by atoms with van der Waals surface area (Å²) in [5, 5.41) is 8.24. The van der Waals surface area contributed by atoms with Crippen molar-refractivity contribution in [1.82, 2.24) is 0 Å².